The quantitative estimate of drug-likeness (QED) is 0.116. The lowest BCUT2D eigenvalue weighted by Crippen LogP contribution is -2.81. The average molecular weight is 620 g/mol. The first-order valence-electron chi connectivity index (χ1n) is 10.9. The molecule has 216 valence electrons. The van der Waals surface area contributed by atoms with Crippen LogP contribution in [0.3, 0.4) is 0 Å². The summed E-state index contributed by atoms with van der Waals surface area (Å²) < 4.78 is 41.3. The summed E-state index contributed by atoms with van der Waals surface area (Å²) in [7, 11) is -0.801. The second kappa shape index (κ2) is 10.7. The molecule has 0 radical (unpaired) electrons. The average Bonchev–Trinajstić information content (AvgIpc) is 3.48. The number of amides is 2. The summed E-state index contributed by atoms with van der Waals surface area (Å²) in [5, 5.41) is 33.3. The molecule has 2 aromatic heterocycles. The Bertz CT molecular complexity index is 1540. The highest BCUT2D eigenvalue weighted by Gasteiger charge is 2.67. The topological polar surface area (TPSA) is 246 Å². The van der Waals surface area contributed by atoms with E-state index < -0.39 is 67.1 Å². The van der Waals surface area contributed by atoms with Crippen LogP contribution in [-0.4, -0.2) is 116 Å². The molecule has 1 unspecified atom stereocenters. The van der Waals surface area contributed by atoms with Gasteiger partial charge in [-0.1, -0.05) is 11.8 Å². The Morgan fingerprint density at radius 1 is 1.35 bits per heavy atom. The molecule has 0 saturated carbocycles. The Kier molecular flexibility index (Phi) is 7.84. The standard InChI is InChI=1S/C19H21N7O11S3/c1-25-18(21-23-24-25)39-6-7-5-38-17-19(36-3,16(32)26(17)9(7)14(29)30)20-13(28)11(40(4,33)34)10-8(15(31)35-2)12(27)22-37-10/h11,17H,5-6H2,1-4H3,(H,20,28)(H,22,27)(H,29,30)/t11?,17-,19-/m0/s1. The number of methoxy groups -OCH3 is 2. The summed E-state index contributed by atoms with van der Waals surface area (Å²) in [5.41, 5.74) is -2.93. The lowest BCUT2D eigenvalue weighted by atomic mass is 9.98. The number of aromatic hydroxyl groups is 1. The summed E-state index contributed by atoms with van der Waals surface area (Å²) >= 11 is 2.21. The van der Waals surface area contributed by atoms with Crippen molar-refractivity contribution >= 4 is 57.1 Å². The number of fused-ring (bicyclic) bond motifs is 1. The number of rotatable bonds is 10. The predicted octanol–water partition coefficient (Wildman–Crippen LogP) is -1.72. The number of aromatic nitrogens is 5. The molecule has 18 nitrogen and oxygen atoms in total. The number of carbonyl (C=O) groups excluding carboxylic acids is 3. The number of ether oxygens (including phenoxy) is 2. The van der Waals surface area contributed by atoms with Crippen molar-refractivity contribution in [3.05, 3.63) is 22.6 Å². The molecule has 4 heterocycles. The third-order valence-electron chi connectivity index (χ3n) is 5.89. The fraction of sp³-hybridized carbons (Fsp3) is 0.474. The summed E-state index contributed by atoms with van der Waals surface area (Å²) in [6, 6.07) is 0. The van der Waals surface area contributed by atoms with Gasteiger partial charge in [0.15, 0.2) is 21.2 Å². The van der Waals surface area contributed by atoms with Crippen LogP contribution < -0.4 is 5.32 Å². The Morgan fingerprint density at radius 2 is 2.05 bits per heavy atom. The maximum Gasteiger partial charge on any atom is 0.352 e. The van der Waals surface area contributed by atoms with E-state index in [0.29, 0.717) is 17.0 Å². The van der Waals surface area contributed by atoms with Gasteiger partial charge in [-0.2, -0.15) is 0 Å². The molecule has 3 N–H and O–H groups in total. The number of carboxylic acid groups (broad SMARTS) is 1. The lowest BCUT2D eigenvalue weighted by molar-refractivity contribution is -0.192. The number of esters is 1. The Balaban J connectivity index is 1.65. The molecule has 4 rings (SSSR count). The fourth-order valence-electron chi connectivity index (χ4n) is 4.07. The number of tetrazole rings is 1. The van der Waals surface area contributed by atoms with Crippen LogP contribution >= 0.6 is 23.5 Å². The van der Waals surface area contributed by atoms with Crippen molar-refractivity contribution in [1.82, 2.24) is 35.6 Å². The maximum atomic E-state index is 13.4. The van der Waals surface area contributed by atoms with Gasteiger partial charge >= 0.3 is 11.9 Å². The van der Waals surface area contributed by atoms with E-state index in [2.05, 4.69) is 30.7 Å². The predicted molar refractivity (Wildman–Crippen MR) is 132 cm³/mol. The van der Waals surface area contributed by atoms with Crippen LogP contribution in [0.25, 0.3) is 0 Å². The molecular formula is C19H21N7O11S3. The molecular weight excluding hydrogens is 598 g/mol. The molecule has 0 aromatic carbocycles. The summed E-state index contributed by atoms with van der Waals surface area (Å²) in [4.78, 5) is 52.0. The van der Waals surface area contributed by atoms with Crippen LogP contribution in [-0.2, 0) is 40.7 Å². The minimum absolute atomic E-state index is 0.104. The van der Waals surface area contributed by atoms with Gasteiger partial charge in [0, 0.05) is 31.9 Å². The monoisotopic (exact) mass is 619 g/mol. The summed E-state index contributed by atoms with van der Waals surface area (Å²) in [5.74, 6) is -6.62. The van der Waals surface area contributed by atoms with Crippen molar-refractivity contribution in [2.75, 3.05) is 32.0 Å². The minimum atomic E-state index is -4.42. The van der Waals surface area contributed by atoms with Crippen LogP contribution in [0.5, 0.6) is 5.88 Å². The van der Waals surface area contributed by atoms with Crippen molar-refractivity contribution in [3.8, 4) is 5.88 Å². The van der Waals surface area contributed by atoms with E-state index in [9.17, 15) is 37.8 Å². The van der Waals surface area contributed by atoms with Gasteiger partial charge in [-0.3, -0.25) is 14.5 Å². The van der Waals surface area contributed by atoms with Gasteiger partial charge in [-0.15, -0.1) is 16.9 Å². The maximum absolute atomic E-state index is 13.4. The van der Waals surface area contributed by atoms with E-state index in [1.165, 1.54) is 4.68 Å². The van der Waals surface area contributed by atoms with Crippen LogP contribution in [0.1, 0.15) is 21.4 Å². The number of sulfone groups is 1. The van der Waals surface area contributed by atoms with Crippen molar-refractivity contribution in [1.29, 1.82) is 0 Å². The molecule has 0 spiro atoms. The smallest absolute Gasteiger partial charge is 0.352 e. The second-order valence-electron chi connectivity index (χ2n) is 8.35. The van der Waals surface area contributed by atoms with Gasteiger partial charge in [0.25, 0.3) is 17.5 Å². The van der Waals surface area contributed by atoms with E-state index in [0.717, 1.165) is 42.6 Å². The largest absolute Gasteiger partial charge is 0.490 e. The van der Waals surface area contributed by atoms with Crippen LogP contribution in [0.4, 0.5) is 0 Å². The highest BCUT2D eigenvalue weighted by molar-refractivity contribution is 8.01. The van der Waals surface area contributed by atoms with E-state index in [1.807, 2.05) is 0 Å². The zero-order valence-corrected chi connectivity index (χ0v) is 23.5. The summed E-state index contributed by atoms with van der Waals surface area (Å²) in [6.45, 7) is 0. The number of aryl methyl sites for hydroxylation is 1. The molecule has 21 heteroatoms. The van der Waals surface area contributed by atoms with E-state index in [-0.39, 0.29) is 17.2 Å². The number of β-lactam (4-membered cyclic amide) rings is 1. The number of thioether (sulfide) groups is 2. The van der Waals surface area contributed by atoms with Gasteiger partial charge < -0.3 is 29.5 Å². The number of hydrogen-bond donors (Lipinski definition) is 3. The Hall–Kier alpha value is -3.69. The number of nitrogens with one attached hydrogen (secondary N) is 1. The fourth-order valence-corrected chi connectivity index (χ4v) is 7.50. The van der Waals surface area contributed by atoms with E-state index >= 15 is 0 Å². The van der Waals surface area contributed by atoms with Crippen LogP contribution in [0, 0.1) is 0 Å². The van der Waals surface area contributed by atoms with Crippen LogP contribution in [0.2, 0.25) is 0 Å². The molecule has 1 fully saturated rings. The van der Waals surface area contributed by atoms with Gasteiger partial charge in [-0.05, 0) is 21.2 Å². The second-order valence-corrected chi connectivity index (χ2v) is 12.5. The van der Waals surface area contributed by atoms with E-state index in [1.54, 1.807) is 7.05 Å². The number of carbonyl (C=O) groups is 4. The number of hydrogen-bond acceptors (Lipinski definition) is 16. The first-order chi connectivity index (χ1) is 18.8. The first kappa shape index (κ1) is 29.3. The van der Waals surface area contributed by atoms with E-state index in [4.69, 9.17) is 9.26 Å². The van der Waals surface area contributed by atoms with Gasteiger partial charge in [0.2, 0.25) is 16.3 Å². The van der Waals surface area contributed by atoms with Gasteiger partial charge in [0.05, 0.1) is 7.11 Å². The zero-order valence-electron chi connectivity index (χ0n) is 21.0. The highest BCUT2D eigenvalue weighted by atomic mass is 32.2. The lowest BCUT2D eigenvalue weighted by Gasteiger charge is -2.55. The van der Waals surface area contributed by atoms with Crippen molar-refractivity contribution in [2.45, 2.75) is 21.5 Å². The number of carboxylic acids is 1. The highest BCUT2D eigenvalue weighted by Crippen LogP contribution is 2.47. The third-order valence-corrected chi connectivity index (χ3v) is 9.65. The van der Waals surface area contributed by atoms with Crippen molar-refractivity contribution in [2.24, 2.45) is 7.05 Å². The number of aliphatic carboxylic acids is 1. The molecule has 0 bridgehead atoms. The molecule has 0 aliphatic carbocycles. The number of nitrogens with zero attached hydrogens (tertiary/aromatic N) is 6. The molecule has 1 saturated heterocycles. The van der Waals surface area contributed by atoms with Crippen molar-refractivity contribution < 1.29 is 51.8 Å². The first-order valence-corrected chi connectivity index (χ1v) is 14.9. The van der Waals surface area contributed by atoms with Crippen molar-refractivity contribution in [3.63, 3.8) is 0 Å². The third kappa shape index (κ3) is 4.77. The van der Waals surface area contributed by atoms with Crippen LogP contribution in [0.15, 0.2) is 20.9 Å². The SMILES string of the molecule is COC(=O)c1c(O)noc1C(C(=O)N[C@]1(OC)C(=O)N2C(C(=O)O)=C(CSc3nnnn3C)CS[C@H]21)S(C)(=O)=O. The Morgan fingerprint density at radius 3 is 2.60 bits per heavy atom. The minimum Gasteiger partial charge on any atom is -0.490 e. The Labute approximate surface area is 233 Å². The normalized spacial score (nSPS) is 21.4. The molecule has 2 aliphatic heterocycles. The van der Waals surface area contributed by atoms with Gasteiger partial charge in [0.1, 0.15) is 11.1 Å². The molecule has 2 aromatic rings. The molecule has 3 atom stereocenters. The molecule has 40 heavy (non-hydrogen) atoms. The molecule has 2 aliphatic rings. The summed E-state index contributed by atoms with van der Waals surface area (Å²) in [6.07, 6.45) is 0.656. The molecule has 2 amide bonds. The zero-order chi connectivity index (χ0) is 29.6. The van der Waals surface area contributed by atoms with Gasteiger partial charge in [-0.25, -0.2) is 22.7 Å².